The monoisotopic (exact) mass is 294 g/mol. The van der Waals surface area contributed by atoms with Gasteiger partial charge in [-0.25, -0.2) is 4.98 Å². The predicted octanol–water partition coefficient (Wildman–Crippen LogP) is 3.67. The Hall–Kier alpha value is -2.64. The Bertz CT molecular complexity index is 828. The van der Waals surface area contributed by atoms with Crippen molar-refractivity contribution in [3.05, 3.63) is 59.5 Å². The van der Waals surface area contributed by atoms with Crippen LogP contribution in [-0.2, 0) is 7.05 Å². The van der Waals surface area contributed by atoms with Gasteiger partial charge < -0.3 is 4.57 Å². The number of rotatable bonds is 2. The summed E-state index contributed by atoms with van der Waals surface area (Å²) in [6.07, 6.45) is 3.36. The highest BCUT2D eigenvalue weighted by molar-refractivity contribution is 6.30. The Labute approximate surface area is 127 Å². The topological polar surface area (TPSA) is 54.5 Å². The Morgan fingerprint density at radius 3 is 2.62 bits per heavy atom. The average Bonchev–Trinajstić information content (AvgIpc) is 2.90. The molecule has 0 saturated carbocycles. The molecule has 0 bridgehead atoms. The van der Waals surface area contributed by atoms with Crippen molar-refractivity contribution in [2.45, 2.75) is 0 Å². The van der Waals surface area contributed by atoms with Gasteiger partial charge in [-0.1, -0.05) is 23.7 Å². The number of halogens is 1. The predicted molar refractivity (Wildman–Crippen MR) is 81.6 cm³/mol. The molecule has 0 aliphatic heterocycles. The first-order chi connectivity index (χ1) is 10.2. The fraction of sp³-hybridized carbons (Fsp3) is 0.0625. The lowest BCUT2D eigenvalue weighted by Gasteiger charge is -2.06. The first-order valence-electron chi connectivity index (χ1n) is 6.33. The minimum Gasteiger partial charge on any atom is -0.333 e. The summed E-state index contributed by atoms with van der Waals surface area (Å²) in [5.41, 5.74) is 3.93. The number of nitrogens with zero attached hydrogens (tertiary/aromatic N) is 4. The van der Waals surface area contributed by atoms with Crippen LogP contribution in [0.5, 0.6) is 0 Å². The van der Waals surface area contributed by atoms with E-state index >= 15 is 0 Å². The van der Waals surface area contributed by atoms with E-state index in [1.807, 2.05) is 35.9 Å². The van der Waals surface area contributed by atoms with E-state index in [-0.39, 0.29) is 0 Å². The van der Waals surface area contributed by atoms with E-state index in [1.165, 1.54) is 0 Å². The van der Waals surface area contributed by atoms with E-state index in [9.17, 15) is 0 Å². The molecule has 5 heteroatoms. The number of imidazole rings is 1. The van der Waals surface area contributed by atoms with E-state index in [2.05, 4.69) is 16.0 Å². The molecule has 0 radical (unpaired) electrons. The first-order valence-corrected chi connectivity index (χ1v) is 6.70. The Morgan fingerprint density at radius 1 is 1.14 bits per heavy atom. The van der Waals surface area contributed by atoms with Crippen molar-refractivity contribution in [2.24, 2.45) is 7.05 Å². The molecule has 0 spiro atoms. The summed E-state index contributed by atoms with van der Waals surface area (Å²) < 4.78 is 1.93. The van der Waals surface area contributed by atoms with Gasteiger partial charge in [0.2, 0.25) is 0 Å². The van der Waals surface area contributed by atoms with E-state index < -0.39 is 0 Å². The SMILES string of the molecule is Cn1cnc(-c2cc(C#N)ccn2)c1-c1ccc(Cl)cc1. The highest BCUT2D eigenvalue weighted by Gasteiger charge is 2.14. The summed E-state index contributed by atoms with van der Waals surface area (Å²) in [6.45, 7) is 0. The van der Waals surface area contributed by atoms with Crippen LogP contribution in [0.4, 0.5) is 0 Å². The van der Waals surface area contributed by atoms with E-state index in [0.29, 0.717) is 16.3 Å². The number of nitriles is 1. The summed E-state index contributed by atoms with van der Waals surface area (Å²) >= 11 is 5.94. The number of benzene rings is 1. The van der Waals surface area contributed by atoms with Gasteiger partial charge in [0.1, 0.15) is 5.69 Å². The zero-order chi connectivity index (χ0) is 14.8. The summed E-state index contributed by atoms with van der Waals surface area (Å²) in [5.74, 6) is 0. The molecule has 0 atom stereocenters. The van der Waals surface area contributed by atoms with Crippen LogP contribution in [0.15, 0.2) is 48.9 Å². The fourth-order valence-electron chi connectivity index (χ4n) is 2.20. The Balaban J connectivity index is 2.17. The average molecular weight is 295 g/mol. The molecule has 0 aliphatic carbocycles. The van der Waals surface area contributed by atoms with Crippen LogP contribution < -0.4 is 0 Å². The van der Waals surface area contributed by atoms with Crippen LogP contribution in [0.1, 0.15) is 5.56 Å². The lowest BCUT2D eigenvalue weighted by Crippen LogP contribution is -1.93. The van der Waals surface area contributed by atoms with Gasteiger partial charge >= 0.3 is 0 Å². The van der Waals surface area contributed by atoms with Gasteiger partial charge in [-0.05, 0) is 24.3 Å². The molecular formula is C16H11ClN4. The Kier molecular flexibility index (Phi) is 3.43. The van der Waals surface area contributed by atoms with Gasteiger partial charge in [0.15, 0.2) is 0 Å². The summed E-state index contributed by atoms with van der Waals surface area (Å²) in [5, 5.41) is 9.70. The number of pyridine rings is 1. The molecule has 4 nitrogen and oxygen atoms in total. The second-order valence-corrected chi connectivity index (χ2v) is 5.04. The maximum Gasteiger partial charge on any atom is 0.115 e. The van der Waals surface area contributed by atoms with Crippen molar-refractivity contribution in [3.63, 3.8) is 0 Å². The van der Waals surface area contributed by atoms with Crippen molar-refractivity contribution >= 4 is 11.6 Å². The fourth-order valence-corrected chi connectivity index (χ4v) is 2.32. The largest absolute Gasteiger partial charge is 0.333 e. The lowest BCUT2D eigenvalue weighted by atomic mass is 10.1. The van der Waals surface area contributed by atoms with E-state index in [1.54, 1.807) is 24.7 Å². The molecule has 0 N–H and O–H groups in total. The van der Waals surface area contributed by atoms with Gasteiger partial charge in [-0.15, -0.1) is 0 Å². The standard InChI is InChI=1S/C16H11ClN4/c1-21-10-20-15(14-8-11(9-18)6-7-19-14)16(21)12-2-4-13(17)5-3-12/h2-8,10H,1H3. The van der Waals surface area contributed by atoms with Gasteiger partial charge in [0.05, 0.1) is 29.3 Å². The van der Waals surface area contributed by atoms with Crippen LogP contribution in [0.2, 0.25) is 5.02 Å². The molecular weight excluding hydrogens is 284 g/mol. The molecule has 0 saturated heterocycles. The third kappa shape index (κ3) is 2.51. The summed E-state index contributed by atoms with van der Waals surface area (Å²) in [7, 11) is 1.93. The van der Waals surface area contributed by atoms with Gasteiger partial charge in [0.25, 0.3) is 0 Å². The molecule has 102 valence electrons. The Morgan fingerprint density at radius 2 is 1.90 bits per heavy atom. The van der Waals surface area contributed by atoms with Crippen molar-refractivity contribution in [3.8, 4) is 28.7 Å². The van der Waals surface area contributed by atoms with Crippen LogP contribution in [-0.4, -0.2) is 14.5 Å². The van der Waals surface area contributed by atoms with E-state index in [0.717, 1.165) is 17.0 Å². The minimum absolute atomic E-state index is 0.563. The number of aromatic nitrogens is 3. The minimum atomic E-state index is 0.563. The highest BCUT2D eigenvalue weighted by Crippen LogP contribution is 2.30. The van der Waals surface area contributed by atoms with Crippen LogP contribution >= 0.6 is 11.6 Å². The quantitative estimate of drug-likeness (QED) is 0.724. The van der Waals surface area contributed by atoms with Gasteiger partial charge in [-0.3, -0.25) is 4.98 Å². The van der Waals surface area contributed by atoms with Crippen LogP contribution in [0, 0.1) is 11.3 Å². The van der Waals surface area contributed by atoms with Crippen molar-refractivity contribution in [1.82, 2.24) is 14.5 Å². The maximum absolute atomic E-state index is 9.01. The lowest BCUT2D eigenvalue weighted by molar-refractivity contribution is 0.921. The third-order valence-corrected chi connectivity index (χ3v) is 3.44. The third-order valence-electron chi connectivity index (χ3n) is 3.19. The molecule has 1 aromatic carbocycles. The highest BCUT2D eigenvalue weighted by atomic mass is 35.5. The second kappa shape index (κ2) is 5.39. The van der Waals surface area contributed by atoms with E-state index in [4.69, 9.17) is 16.9 Å². The molecule has 2 heterocycles. The molecule has 0 unspecified atom stereocenters. The number of hydrogen-bond acceptors (Lipinski definition) is 3. The molecule has 0 fully saturated rings. The number of aryl methyl sites for hydroxylation is 1. The summed E-state index contributed by atoms with van der Waals surface area (Å²) in [4.78, 5) is 8.74. The van der Waals surface area contributed by atoms with Crippen LogP contribution in [0.25, 0.3) is 22.6 Å². The van der Waals surface area contributed by atoms with Crippen molar-refractivity contribution < 1.29 is 0 Å². The second-order valence-electron chi connectivity index (χ2n) is 4.60. The smallest absolute Gasteiger partial charge is 0.115 e. The molecule has 2 aromatic heterocycles. The van der Waals surface area contributed by atoms with Gasteiger partial charge in [0, 0.05) is 23.8 Å². The van der Waals surface area contributed by atoms with Crippen molar-refractivity contribution in [2.75, 3.05) is 0 Å². The van der Waals surface area contributed by atoms with Crippen LogP contribution in [0.3, 0.4) is 0 Å². The first kappa shape index (κ1) is 13.3. The zero-order valence-corrected chi connectivity index (χ0v) is 12.0. The number of hydrogen-bond donors (Lipinski definition) is 0. The maximum atomic E-state index is 9.01. The normalized spacial score (nSPS) is 10.3. The molecule has 0 aliphatic rings. The molecule has 21 heavy (non-hydrogen) atoms. The molecule has 3 rings (SSSR count). The molecule has 3 aromatic rings. The van der Waals surface area contributed by atoms with Crippen molar-refractivity contribution in [1.29, 1.82) is 5.26 Å². The summed E-state index contributed by atoms with van der Waals surface area (Å²) in [6, 6.07) is 13.1. The van der Waals surface area contributed by atoms with Gasteiger partial charge in [-0.2, -0.15) is 5.26 Å². The molecule has 0 amide bonds. The zero-order valence-electron chi connectivity index (χ0n) is 11.3.